The van der Waals surface area contributed by atoms with Crippen molar-refractivity contribution in [1.82, 2.24) is 4.31 Å². The fourth-order valence-corrected chi connectivity index (χ4v) is 5.71. The van der Waals surface area contributed by atoms with Gasteiger partial charge in [0.2, 0.25) is 21.3 Å². The van der Waals surface area contributed by atoms with E-state index in [1.54, 1.807) is 0 Å². The Morgan fingerprint density at radius 1 is 0.909 bits per heavy atom. The van der Waals surface area contributed by atoms with E-state index in [0.29, 0.717) is 13.2 Å². The molecule has 0 amide bonds. The number of alkyl halides is 3. The number of hydrogen-bond donors (Lipinski definition) is 0. The monoisotopic (exact) mass is 539 g/mol. The summed E-state index contributed by atoms with van der Waals surface area (Å²) < 4.78 is 54.2. The van der Waals surface area contributed by atoms with E-state index < -0.39 is 21.3 Å². The minimum atomic E-state index is -3.74. The van der Waals surface area contributed by atoms with Crippen molar-refractivity contribution in [2.45, 2.75) is 11.3 Å². The van der Waals surface area contributed by atoms with Crippen LogP contribution in [0.1, 0.15) is 0 Å². The van der Waals surface area contributed by atoms with Gasteiger partial charge in [-0.3, -0.25) is 0 Å². The van der Waals surface area contributed by atoms with Gasteiger partial charge in [0, 0.05) is 13.1 Å². The lowest BCUT2D eigenvalue weighted by molar-refractivity contribution is 0.0730. The predicted octanol–water partition coefficient (Wildman–Crippen LogP) is 2.28. The van der Waals surface area contributed by atoms with E-state index in [1.165, 1.54) is 28.6 Å². The molecule has 0 atom stereocenters. The second-order valence-corrected chi connectivity index (χ2v) is 16.8. The lowest BCUT2D eigenvalue weighted by Crippen LogP contribution is -2.40. The van der Waals surface area contributed by atoms with Gasteiger partial charge in [0.25, 0.3) is 0 Å². The van der Waals surface area contributed by atoms with Crippen LogP contribution in [0, 0.1) is 0 Å². The summed E-state index contributed by atoms with van der Waals surface area (Å²) in [6.45, 7) is 1.28. The predicted molar refractivity (Wildman–Crippen MR) is 92.7 cm³/mol. The number of halogens is 3. The zero-order valence-electron chi connectivity index (χ0n) is 11.1. The first-order chi connectivity index (χ1) is 10.1. The van der Waals surface area contributed by atoms with Crippen LogP contribution in [0.4, 0.5) is 0 Å². The number of morpholine rings is 1. The topological polar surface area (TPSA) is 80.8 Å². The third-order valence-corrected chi connectivity index (χ3v) is 10.3. The van der Waals surface area contributed by atoms with E-state index in [2.05, 4.69) is 47.8 Å². The van der Waals surface area contributed by atoms with Crippen LogP contribution in [0.2, 0.25) is 0 Å². The van der Waals surface area contributed by atoms with E-state index in [1.807, 2.05) is 0 Å². The summed E-state index contributed by atoms with van der Waals surface area (Å²) >= 11 is 8.89. The molecule has 0 bridgehead atoms. The quantitative estimate of drug-likeness (QED) is 0.549. The van der Waals surface area contributed by atoms with Crippen molar-refractivity contribution in [3.05, 3.63) is 24.3 Å². The molecule has 0 aromatic heterocycles. The highest BCUT2D eigenvalue weighted by molar-refractivity contribution is 9.42. The van der Waals surface area contributed by atoms with Gasteiger partial charge in [-0.1, -0.05) is 0 Å². The molecule has 22 heavy (non-hydrogen) atoms. The van der Waals surface area contributed by atoms with E-state index in [9.17, 15) is 16.8 Å². The second kappa shape index (κ2) is 6.77. The Labute approximate surface area is 154 Å². The average molecular weight is 542 g/mol. The van der Waals surface area contributed by atoms with Crippen molar-refractivity contribution in [1.29, 1.82) is 0 Å². The molecule has 1 aromatic carbocycles. The van der Waals surface area contributed by atoms with Gasteiger partial charge in [-0.15, -0.1) is 0 Å². The van der Waals surface area contributed by atoms with Crippen molar-refractivity contribution < 1.29 is 21.6 Å². The molecule has 1 aliphatic rings. The summed E-state index contributed by atoms with van der Waals surface area (Å²) in [7, 11) is -7.38. The number of benzene rings is 1. The van der Waals surface area contributed by atoms with Gasteiger partial charge in [0.05, 0.1) is 23.0 Å². The molecule has 11 heteroatoms. The van der Waals surface area contributed by atoms with Crippen LogP contribution in [0.3, 0.4) is 0 Å². The zero-order valence-corrected chi connectivity index (χ0v) is 17.5. The molecule has 6 nitrogen and oxygen atoms in total. The minimum absolute atomic E-state index is 0.0148. The number of ether oxygens (including phenoxy) is 1. The first-order valence-electron chi connectivity index (χ1n) is 6.06. The van der Waals surface area contributed by atoms with Gasteiger partial charge in [-0.05, 0) is 72.1 Å². The van der Waals surface area contributed by atoms with E-state index >= 15 is 0 Å². The van der Waals surface area contributed by atoms with E-state index in [0.717, 1.165) is 0 Å². The summed E-state index contributed by atoms with van der Waals surface area (Å²) in [4.78, 5) is 0.0386. The summed E-state index contributed by atoms with van der Waals surface area (Å²) in [6, 6.07) is 5.11. The molecule has 124 valence electrons. The van der Waals surface area contributed by atoms with Crippen molar-refractivity contribution in [3.63, 3.8) is 0 Å². The number of rotatable bonds is 3. The van der Waals surface area contributed by atoms with Gasteiger partial charge in [0.15, 0.2) is 0 Å². The average Bonchev–Trinajstić information content (AvgIpc) is 2.47. The molecule has 1 saturated heterocycles. The third-order valence-electron chi connectivity index (χ3n) is 3.05. The lowest BCUT2D eigenvalue weighted by atomic mass is 10.4. The molecule has 0 unspecified atom stereocenters. The molecular formula is C11H12Br3NO5S2. The summed E-state index contributed by atoms with van der Waals surface area (Å²) in [6.07, 6.45) is 0. The SMILES string of the molecule is O=S(=O)(c1ccc(S(=O)(=O)C(Br)(Br)Br)cc1)N1CCOCC1. The highest BCUT2D eigenvalue weighted by atomic mass is 80.0. The molecule has 0 radical (unpaired) electrons. The van der Waals surface area contributed by atoms with Crippen LogP contribution in [0.25, 0.3) is 0 Å². The Bertz CT molecular complexity index is 735. The molecule has 1 fully saturated rings. The summed E-state index contributed by atoms with van der Waals surface area (Å²) in [5, 5.41) is 0. The minimum Gasteiger partial charge on any atom is -0.379 e. The maximum absolute atomic E-state index is 12.4. The Morgan fingerprint density at radius 2 is 1.36 bits per heavy atom. The Morgan fingerprint density at radius 3 is 1.82 bits per heavy atom. The van der Waals surface area contributed by atoms with Gasteiger partial charge >= 0.3 is 0 Å². The third kappa shape index (κ3) is 3.76. The van der Waals surface area contributed by atoms with Gasteiger partial charge in [-0.25, -0.2) is 16.8 Å². The highest BCUT2D eigenvalue weighted by Crippen LogP contribution is 2.43. The van der Waals surface area contributed by atoms with Gasteiger partial charge in [0.1, 0.15) is 0 Å². The molecule has 0 aliphatic carbocycles. The zero-order chi connectivity index (χ0) is 16.6. The number of sulfone groups is 1. The fraction of sp³-hybridized carbons (Fsp3) is 0.455. The van der Waals surface area contributed by atoms with Crippen molar-refractivity contribution >= 4 is 67.7 Å². The first-order valence-corrected chi connectivity index (χ1v) is 11.4. The molecule has 2 rings (SSSR count). The maximum Gasteiger partial charge on any atom is 0.243 e. The molecule has 0 N–H and O–H groups in total. The standard InChI is InChI=1S/C11H12Br3NO5S2/c12-11(13,14)21(16,17)9-1-3-10(4-2-9)22(18,19)15-5-7-20-8-6-15/h1-4H,5-8H2. The lowest BCUT2D eigenvalue weighted by Gasteiger charge is -2.26. The van der Waals surface area contributed by atoms with Crippen molar-refractivity contribution in [2.24, 2.45) is 0 Å². The number of sulfonamides is 1. The number of nitrogens with zero attached hydrogens (tertiary/aromatic N) is 1. The number of hydrogen-bond acceptors (Lipinski definition) is 5. The summed E-state index contributed by atoms with van der Waals surface area (Å²) in [5.74, 6) is 0. The van der Waals surface area contributed by atoms with Gasteiger partial charge in [-0.2, -0.15) is 4.31 Å². The van der Waals surface area contributed by atoms with E-state index in [4.69, 9.17) is 4.74 Å². The van der Waals surface area contributed by atoms with Crippen LogP contribution in [0.5, 0.6) is 0 Å². The van der Waals surface area contributed by atoms with Crippen LogP contribution in [-0.4, -0.2) is 48.9 Å². The molecular weight excluding hydrogens is 530 g/mol. The highest BCUT2D eigenvalue weighted by Gasteiger charge is 2.37. The normalized spacial score (nSPS) is 18.3. The smallest absolute Gasteiger partial charge is 0.243 e. The first kappa shape index (κ1) is 18.8. The Hall–Kier alpha value is 0.480. The van der Waals surface area contributed by atoms with Crippen molar-refractivity contribution in [3.8, 4) is 0 Å². The summed E-state index contributed by atoms with van der Waals surface area (Å²) in [5.41, 5.74) is 0. The van der Waals surface area contributed by atoms with Crippen LogP contribution in [-0.2, 0) is 24.6 Å². The fourth-order valence-electron chi connectivity index (χ4n) is 1.86. The van der Waals surface area contributed by atoms with E-state index in [-0.39, 0.29) is 22.9 Å². The second-order valence-electron chi connectivity index (χ2n) is 4.44. The molecule has 0 spiro atoms. The Kier molecular flexibility index (Phi) is 5.79. The van der Waals surface area contributed by atoms with Crippen molar-refractivity contribution in [2.75, 3.05) is 26.3 Å². The van der Waals surface area contributed by atoms with Crippen LogP contribution >= 0.6 is 47.8 Å². The molecule has 1 aliphatic heterocycles. The maximum atomic E-state index is 12.4. The molecule has 0 saturated carbocycles. The molecule has 1 aromatic rings. The molecule has 1 heterocycles. The van der Waals surface area contributed by atoms with Crippen LogP contribution in [0.15, 0.2) is 34.1 Å². The Balaban J connectivity index is 2.33. The van der Waals surface area contributed by atoms with Crippen LogP contribution < -0.4 is 0 Å². The largest absolute Gasteiger partial charge is 0.379 e. The van der Waals surface area contributed by atoms with Gasteiger partial charge < -0.3 is 4.74 Å².